The van der Waals surface area contributed by atoms with E-state index in [0.717, 1.165) is 42.8 Å². The van der Waals surface area contributed by atoms with Gasteiger partial charge in [0.15, 0.2) is 0 Å². The van der Waals surface area contributed by atoms with E-state index in [1.54, 1.807) is 14.2 Å². The third-order valence-electron chi connectivity index (χ3n) is 2.79. The minimum absolute atomic E-state index is 0.571. The van der Waals surface area contributed by atoms with Crippen molar-refractivity contribution in [2.45, 2.75) is 32.8 Å². The van der Waals surface area contributed by atoms with Crippen LogP contribution in [0.5, 0.6) is 5.75 Å². The monoisotopic (exact) mass is 238 g/mol. The van der Waals surface area contributed by atoms with Crippen molar-refractivity contribution >= 4 is 0 Å². The van der Waals surface area contributed by atoms with Crippen LogP contribution in [0.3, 0.4) is 0 Å². The lowest BCUT2D eigenvalue weighted by Crippen LogP contribution is -2.05. The normalized spacial score (nSPS) is 10.6. The number of nitrogens with zero attached hydrogens (tertiary/aromatic N) is 1. The Morgan fingerprint density at radius 2 is 2.06 bits per heavy atom. The molecule has 17 heavy (non-hydrogen) atoms. The van der Waals surface area contributed by atoms with Crippen LogP contribution in [0, 0.1) is 6.92 Å². The summed E-state index contributed by atoms with van der Waals surface area (Å²) in [5.74, 6) is 0.886. The Kier molecular flexibility index (Phi) is 5.94. The van der Waals surface area contributed by atoms with Crippen LogP contribution in [0.25, 0.3) is 0 Å². The third kappa shape index (κ3) is 3.68. The van der Waals surface area contributed by atoms with Gasteiger partial charge in [-0.2, -0.15) is 0 Å². The molecule has 0 aromatic carbocycles. The molecule has 0 radical (unpaired) electrons. The second-order valence-corrected chi connectivity index (χ2v) is 4.06. The summed E-state index contributed by atoms with van der Waals surface area (Å²) in [7, 11) is 3.38. The van der Waals surface area contributed by atoms with Crippen LogP contribution in [0.4, 0.5) is 0 Å². The molecule has 0 fully saturated rings. The lowest BCUT2D eigenvalue weighted by Gasteiger charge is -2.15. The molecule has 0 aliphatic rings. The maximum Gasteiger partial charge on any atom is 0.143 e. The summed E-state index contributed by atoms with van der Waals surface area (Å²) in [5.41, 5.74) is 8.76. The fourth-order valence-corrected chi connectivity index (χ4v) is 1.95. The van der Waals surface area contributed by atoms with Crippen molar-refractivity contribution in [2.75, 3.05) is 20.8 Å². The van der Waals surface area contributed by atoms with Crippen molar-refractivity contribution in [3.63, 3.8) is 0 Å². The molecule has 1 aromatic heterocycles. The number of nitrogens with two attached hydrogens (primary N) is 1. The molecule has 96 valence electrons. The van der Waals surface area contributed by atoms with Gasteiger partial charge in [-0.15, -0.1) is 0 Å². The molecule has 0 saturated heterocycles. The number of hydrogen-bond acceptors (Lipinski definition) is 4. The van der Waals surface area contributed by atoms with Gasteiger partial charge < -0.3 is 15.2 Å². The average molecular weight is 238 g/mol. The van der Waals surface area contributed by atoms with Crippen LogP contribution in [0.15, 0.2) is 6.20 Å². The van der Waals surface area contributed by atoms with Crippen molar-refractivity contribution < 1.29 is 9.47 Å². The van der Waals surface area contributed by atoms with Crippen LogP contribution in [-0.4, -0.2) is 25.7 Å². The molecule has 1 heterocycles. The first-order valence-corrected chi connectivity index (χ1v) is 5.95. The highest BCUT2D eigenvalue weighted by molar-refractivity contribution is 5.41. The summed E-state index contributed by atoms with van der Waals surface area (Å²) in [6.07, 6.45) is 4.92. The summed E-state index contributed by atoms with van der Waals surface area (Å²) >= 11 is 0. The van der Waals surface area contributed by atoms with Gasteiger partial charge in [-0.3, -0.25) is 4.98 Å². The maximum absolute atomic E-state index is 5.52. The topological polar surface area (TPSA) is 57.4 Å². The number of unbranched alkanes of at least 4 members (excludes halogenated alkanes) is 1. The fraction of sp³-hybridized carbons (Fsp3) is 0.615. The quantitative estimate of drug-likeness (QED) is 0.736. The predicted octanol–water partition coefficient (Wildman–Crippen LogP) is 1.83. The molecule has 0 bridgehead atoms. The Morgan fingerprint density at radius 3 is 2.65 bits per heavy atom. The van der Waals surface area contributed by atoms with Gasteiger partial charge in [-0.25, -0.2) is 0 Å². The summed E-state index contributed by atoms with van der Waals surface area (Å²) in [5, 5.41) is 0. The molecule has 0 spiro atoms. The van der Waals surface area contributed by atoms with Crippen LogP contribution in [0.1, 0.15) is 29.7 Å². The smallest absolute Gasteiger partial charge is 0.143 e. The van der Waals surface area contributed by atoms with Gasteiger partial charge in [0.25, 0.3) is 0 Å². The number of ether oxygens (including phenoxy) is 2. The molecular formula is C13H22N2O2. The SMILES string of the molecule is COCc1cnc(C)c(OC)c1CCCCN. The predicted molar refractivity (Wildman–Crippen MR) is 68.2 cm³/mol. The molecule has 0 aliphatic heterocycles. The van der Waals surface area contributed by atoms with Gasteiger partial charge in [0.05, 0.1) is 19.4 Å². The van der Waals surface area contributed by atoms with Crippen molar-refractivity contribution in [2.24, 2.45) is 5.73 Å². The Bertz CT molecular complexity index is 354. The molecule has 1 rings (SSSR count). The first-order valence-electron chi connectivity index (χ1n) is 5.95. The van der Waals surface area contributed by atoms with Gasteiger partial charge in [-0.05, 0) is 32.7 Å². The molecule has 0 aliphatic carbocycles. The first-order chi connectivity index (χ1) is 8.24. The van der Waals surface area contributed by atoms with E-state index >= 15 is 0 Å². The second kappa shape index (κ2) is 7.25. The molecule has 4 heteroatoms. The number of methoxy groups -OCH3 is 2. The second-order valence-electron chi connectivity index (χ2n) is 4.06. The van der Waals surface area contributed by atoms with E-state index in [-0.39, 0.29) is 0 Å². The number of hydrogen-bond donors (Lipinski definition) is 1. The third-order valence-corrected chi connectivity index (χ3v) is 2.79. The average Bonchev–Trinajstić information content (AvgIpc) is 2.33. The molecule has 4 nitrogen and oxygen atoms in total. The van der Waals surface area contributed by atoms with Gasteiger partial charge in [0.2, 0.25) is 0 Å². The Hall–Kier alpha value is -1.13. The van der Waals surface area contributed by atoms with Gasteiger partial charge in [0.1, 0.15) is 5.75 Å². The van der Waals surface area contributed by atoms with Crippen molar-refractivity contribution in [3.8, 4) is 5.75 Å². The number of aromatic nitrogens is 1. The zero-order chi connectivity index (χ0) is 12.7. The standard InChI is InChI=1S/C13H22N2O2/c1-10-13(17-3)12(6-4-5-7-14)11(8-15-10)9-16-2/h8H,4-7,9,14H2,1-3H3. The zero-order valence-corrected chi connectivity index (χ0v) is 11.0. The minimum atomic E-state index is 0.571. The summed E-state index contributed by atoms with van der Waals surface area (Å²) in [6.45, 7) is 3.26. The van der Waals surface area contributed by atoms with E-state index < -0.39 is 0 Å². The van der Waals surface area contributed by atoms with Gasteiger partial charge >= 0.3 is 0 Å². The van der Waals surface area contributed by atoms with Crippen molar-refractivity contribution in [3.05, 3.63) is 23.0 Å². The van der Waals surface area contributed by atoms with Crippen molar-refractivity contribution in [1.82, 2.24) is 4.98 Å². The molecule has 1 aromatic rings. The number of aryl methyl sites for hydroxylation is 1. The number of rotatable bonds is 7. The highest BCUT2D eigenvalue weighted by Gasteiger charge is 2.12. The van der Waals surface area contributed by atoms with Crippen LogP contribution >= 0.6 is 0 Å². The lowest BCUT2D eigenvalue weighted by atomic mass is 10.0. The summed E-state index contributed by atoms with van der Waals surface area (Å²) in [4.78, 5) is 4.33. The first kappa shape index (κ1) is 13.9. The van der Waals surface area contributed by atoms with Crippen LogP contribution in [0.2, 0.25) is 0 Å². The Morgan fingerprint density at radius 1 is 1.29 bits per heavy atom. The molecule has 0 saturated carbocycles. The van der Waals surface area contributed by atoms with E-state index in [0.29, 0.717) is 6.61 Å². The molecular weight excluding hydrogens is 216 g/mol. The van der Waals surface area contributed by atoms with E-state index in [9.17, 15) is 0 Å². The highest BCUT2D eigenvalue weighted by Crippen LogP contribution is 2.27. The van der Waals surface area contributed by atoms with E-state index in [4.69, 9.17) is 15.2 Å². The van der Waals surface area contributed by atoms with Crippen molar-refractivity contribution in [1.29, 1.82) is 0 Å². The van der Waals surface area contributed by atoms with Gasteiger partial charge in [-0.1, -0.05) is 0 Å². The molecule has 0 unspecified atom stereocenters. The highest BCUT2D eigenvalue weighted by atomic mass is 16.5. The molecule has 2 N–H and O–H groups in total. The fourth-order valence-electron chi connectivity index (χ4n) is 1.95. The summed E-state index contributed by atoms with van der Waals surface area (Å²) in [6, 6.07) is 0. The van der Waals surface area contributed by atoms with Crippen LogP contribution in [-0.2, 0) is 17.8 Å². The molecule has 0 amide bonds. The molecule has 0 atom stereocenters. The minimum Gasteiger partial charge on any atom is -0.495 e. The largest absolute Gasteiger partial charge is 0.495 e. The van der Waals surface area contributed by atoms with E-state index in [1.807, 2.05) is 13.1 Å². The Labute approximate surface area is 103 Å². The maximum atomic E-state index is 5.52. The zero-order valence-electron chi connectivity index (χ0n) is 11.0. The Balaban J connectivity index is 2.96. The number of pyridine rings is 1. The van der Waals surface area contributed by atoms with Crippen LogP contribution < -0.4 is 10.5 Å². The van der Waals surface area contributed by atoms with Gasteiger partial charge in [0, 0.05) is 24.4 Å². The van der Waals surface area contributed by atoms with E-state index in [1.165, 1.54) is 5.56 Å². The lowest BCUT2D eigenvalue weighted by molar-refractivity contribution is 0.183. The summed E-state index contributed by atoms with van der Waals surface area (Å²) < 4.78 is 10.6. The van der Waals surface area contributed by atoms with E-state index in [2.05, 4.69) is 4.98 Å².